The number of hydrogen-bond donors (Lipinski definition) is 2. The Morgan fingerprint density at radius 2 is 1.85 bits per heavy atom. The van der Waals surface area contributed by atoms with E-state index in [9.17, 15) is 4.79 Å². The fourth-order valence-corrected chi connectivity index (χ4v) is 2.20. The van der Waals surface area contributed by atoms with Crippen LogP contribution >= 0.6 is 0 Å². The molecule has 1 aromatic rings. The first kappa shape index (κ1) is 16.7. The van der Waals surface area contributed by atoms with Crippen molar-refractivity contribution in [3.8, 4) is 0 Å². The summed E-state index contributed by atoms with van der Waals surface area (Å²) in [6.45, 7) is 4.76. The van der Waals surface area contributed by atoms with E-state index < -0.39 is 0 Å². The van der Waals surface area contributed by atoms with E-state index in [1.54, 1.807) is 0 Å². The minimum atomic E-state index is 0.0884. The third-order valence-electron chi connectivity index (χ3n) is 3.53. The molecule has 0 aliphatic carbocycles. The molecule has 0 aliphatic heterocycles. The van der Waals surface area contributed by atoms with Crippen LogP contribution in [0.15, 0.2) is 30.3 Å². The largest absolute Gasteiger partial charge is 0.356 e. The van der Waals surface area contributed by atoms with Gasteiger partial charge in [0.05, 0.1) is 0 Å². The molecule has 2 atom stereocenters. The molecule has 20 heavy (non-hydrogen) atoms. The van der Waals surface area contributed by atoms with Crippen molar-refractivity contribution in [2.24, 2.45) is 11.7 Å². The van der Waals surface area contributed by atoms with Crippen molar-refractivity contribution >= 4 is 5.91 Å². The summed E-state index contributed by atoms with van der Waals surface area (Å²) in [6, 6.07) is 10.6. The molecule has 1 rings (SSSR count). The Morgan fingerprint density at radius 1 is 1.15 bits per heavy atom. The number of rotatable bonds is 9. The summed E-state index contributed by atoms with van der Waals surface area (Å²) in [5, 5.41) is 3.02. The Kier molecular flexibility index (Phi) is 7.97. The van der Waals surface area contributed by atoms with Gasteiger partial charge in [0.25, 0.3) is 0 Å². The van der Waals surface area contributed by atoms with E-state index in [1.807, 2.05) is 19.9 Å². The summed E-state index contributed by atoms with van der Waals surface area (Å²) in [5.41, 5.74) is 7.03. The van der Waals surface area contributed by atoms with Crippen LogP contribution in [0.25, 0.3) is 0 Å². The van der Waals surface area contributed by atoms with Gasteiger partial charge >= 0.3 is 0 Å². The van der Waals surface area contributed by atoms with Crippen LogP contribution in [-0.2, 0) is 11.2 Å². The lowest BCUT2D eigenvalue weighted by Crippen LogP contribution is -2.30. The zero-order valence-corrected chi connectivity index (χ0v) is 12.8. The van der Waals surface area contributed by atoms with Crippen LogP contribution in [0, 0.1) is 5.92 Å². The maximum Gasteiger partial charge on any atom is 0.222 e. The monoisotopic (exact) mass is 276 g/mol. The molecule has 0 saturated heterocycles. The van der Waals surface area contributed by atoms with E-state index in [1.165, 1.54) is 5.56 Å². The Labute approximate surface area is 122 Å². The third-order valence-corrected chi connectivity index (χ3v) is 3.53. The SMILES string of the molecule is CC(N)CCCC(C)C(=O)NCCCc1ccccc1. The van der Waals surface area contributed by atoms with Crippen LogP contribution < -0.4 is 11.1 Å². The highest BCUT2D eigenvalue weighted by Crippen LogP contribution is 2.09. The van der Waals surface area contributed by atoms with Gasteiger partial charge in [0.2, 0.25) is 5.91 Å². The van der Waals surface area contributed by atoms with E-state index >= 15 is 0 Å². The van der Waals surface area contributed by atoms with Crippen molar-refractivity contribution in [1.29, 1.82) is 0 Å². The zero-order valence-electron chi connectivity index (χ0n) is 12.8. The molecule has 3 nitrogen and oxygen atoms in total. The third kappa shape index (κ3) is 7.29. The quantitative estimate of drug-likeness (QED) is 0.681. The van der Waals surface area contributed by atoms with Crippen molar-refractivity contribution in [3.63, 3.8) is 0 Å². The molecule has 1 amide bonds. The number of nitrogens with two attached hydrogens (primary N) is 1. The fourth-order valence-electron chi connectivity index (χ4n) is 2.20. The van der Waals surface area contributed by atoms with Gasteiger partial charge in [-0.2, -0.15) is 0 Å². The first-order valence-electron chi connectivity index (χ1n) is 7.67. The number of benzene rings is 1. The molecule has 0 spiro atoms. The predicted octanol–water partition coefficient (Wildman–Crippen LogP) is 2.89. The van der Waals surface area contributed by atoms with Gasteiger partial charge in [0, 0.05) is 18.5 Å². The smallest absolute Gasteiger partial charge is 0.222 e. The van der Waals surface area contributed by atoms with E-state index in [0.29, 0.717) is 0 Å². The van der Waals surface area contributed by atoms with Crippen LogP contribution in [0.1, 0.15) is 45.1 Å². The van der Waals surface area contributed by atoms with E-state index in [0.717, 1.165) is 38.6 Å². The second kappa shape index (κ2) is 9.54. The number of carbonyl (C=O) groups excluding carboxylic acids is 1. The maximum absolute atomic E-state index is 11.9. The summed E-state index contributed by atoms with van der Waals surface area (Å²) in [7, 11) is 0. The minimum absolute atomic E-state index is 0.0884. The van der Waals surface area contributed by atoms with Gasteiger partial charge in [-0.25, -0.2) is 0 Å². The molecule has 0 aromatic heterocycles. The second-order valence-corrected chi connectivity index (χ2v) is 5.69. The highest BCUT2D eigenvalue weighted by atomic mass is 16.1. The van der Waals surface area contributed by atoms with Gasteiger partial charge < -0.3 is 11.1 Å². The van der Waals surface area contributed by atoms with Crippen molar-refractivity contribution in [1.82, 2.24) is 5.32 Å². The highest BCUT2D eigenvalue weighted by Gasteiger charge is 2.11. The van der Waals surface area contributed by atoms with Crippen LogP contribution in [0.2, 0.25) is 0 Å². The van der Waals surface area contributed by atoms with E-state index in [2.05, 4.69) is 29.6 Å². The van der Waals surface area contributed by atoms with Crippen molar-refractivity contribution in [3.05, 3.63) is 35.9 Å². The summed E-state index contributed by atoms with van der Waals surface area (Å²) in [4.78, 5) is 11.9. The van der Waals surface area contributed by atoms with Gasteiger partial charge in [-0.3, -0.25) is 4.79 Å². The summed E-state index contributed by atoms with van der Waals surface area (Å²) in [5.74, 6) is 0.258. The van der Waals surface area contributed by atoms with Gasteiger partial charge in [0.15, 0.2) is 0 Å². The Bertz CT molecular complexity index is 376. The van der Waals surface area contributed by atoms with Crippen LogP contribution in [0.3, 0.4) is 0 Å². The predicted molar refractivity (Wildman–Crippen MR) is 84.4 cm³/mol. The van der Waals surface area contributed by atoms with E-state index in [4.69, 9.17) is 5.73 Å². The summed E-state index contributed by atoms with van der Waals surface area (Å²) < 4.78 is 0. The molecule has 3 N–H and O–H groups in total. The fraction of sp³-hybridized carbons (Fsp3) is 0.588. The van der Waals surface area contributed by atoms with Gasteiger partial charge in [0.1, 0.15) is 0 Å². The van der Waals surface area contributed by atoms with E-state index in [-0.39, 0.29) is 17.9 Å². The van der Waals surface area contributed by atoms with Gasteiger partial charge in [-0.05, 0) is 38.2 Å². The Morgan fingerprint density at radius 3 is 2.50 bits per heavy atom. The average Bonchev–Trinajstić information content (AvgIpc) is 2.44. The van der Waals surface area contributed by atoms with Crippen molar-refractivity contribution < 1.29 is 4.79 Å². The molecule has 3 heteroatoms. The average molecular weight is 276 g/mol. The lowest BCUT2D eigenvalue weighted by Gasteiger charge is -2.13. The number of hydrogen-bond acceptors (Lipinski definition) is 2. The molecular formula is C17H28N2O. The summed E-state index contributed by atoms with van der Waals surface area (Å²) in [6.07, 6.45) is 4.94. The number of aryl methyl sites for hydroxylation is 1. The van der Waals surface area contributed by atoms with Crippen molar-refractivity contribution in [2.45, 2.75) is 52.0 Å². The molecule has 0 heterocycles. The van der Waals surface area contributed by atoms with Crippen molar-refractivity contribution in [2.75, 3.05) is 6.54 Å². The highest BCUT2D eigenvalue weighted by molar-refractivity contribution is 5.78. The molecule has 112 valence electrons. The summed E-state index contributed by atoms with van der Waals surface area (Å²) >= 11 is 0. The molecule has 0 bridgehead atoms. The molecule has 0 aliphatic rings. The number of amides is 1. The van der Waals surface area contributed by atoms with Crippen LogP contribution in [0.5, 0.6) is 0 Å². The Hall–Kier alpha value is -1.35. The lowest BCUT2D eigenvalue weighted by atomic mass is 10.0. The molecule has 1 aromatic carbocycles. The number of carbonyl (C=O) groups is 1. The second-order valence-electron chi connectivity index (χ2n) is 5.69. The maximum atomic E-state index is 11.9. The molecule has 0 saturated carbocycles. The Balaban J connectivity index is 2.10. The zero-order chi connectivity index (χ0) is 14.8. The molecule has 2 unspecified atom stereocenters. The first-order chi connectivity index (χ1) is 9.59. The first-order valence-corrected chi connectivity index (χ1v) is 7.67. The minimum Gasteiger partial charge on any atom is -0.356 e. The molecular weight excluding hydrogens is 248 g/mol. The van der Waals surface area contributed by atoms with Gasteiger partial charge in [-0.1, -0.05) is 43.7 Å². The normalized spacial score (nSPS) is 13.8. The lowest BCUT2D eigenvalue weighted by molar-refractivity contribution is -0.124. The standard InChI is InChI=1S/C17H28N2O/c1-14(8-6-9-15(2)18)17(20)19-13-7-12-16-10-4-3-5-11-16/h3-5,10-11,14-15H,6-9,12-13,18H2,1-2H3,(H,19,20). The topological polar surface area (TPSA) is 55.1 Å². The van der Waals surface area contributed by atoms with Gasteiger partial charge in [-0.15, -0.1) is 0 Å². The van der Waals surface area contributed by atoms with Crippen LogP contribution in [0.4, 0.5) is 0 Å². The number of nitrogens with one attached hydrogen (secondary N) is 1. The molecule has 0 radical (unpaired) electrons. The van der Waals surface area contributed by atoms with Crippen LogP contribution in [-0.4, -0.2) is 18.5 Å². The molecule has 0 fully saturated rings.